The molecule has 2 aromatic carbocycles. The van der Waals surface area contributed by atoms with Crippen LogP contribution in [0.5, 0.6) is 0 Å². The highest BCUT2D eigenvalue weighted by Crippen LogP contribution is 2.28. The molecule has 0 unspecified atom stereocenters. The molecular weight excluding hydrogens is 436 g/mol. The fraction of sp³-hybridized carbons (Fsp3) is 0.182. The van der Waals surface area contributed by atoms with E-state index in [4.69, 9.17) is 11.6 Å². The molecule has 0 atom stereocenters. The number of carbonyl (C=O) groups is 2. The quantitative estimate of drug-likeness (QED) is 0.472. The van der Waals surface area contributed by atoms with Crippen LogP contribution in [0.1, 0.15) is 15.9 Å². The SMILES string of the molecule is Cn1c(SCC(=O)N2CCc3ccccc32)ncc(C(=O)Nc2ccc(Cl)cc2)c1=O. The van der Waals surface area contributed by atoms with Gasteiger partial charge in [0.15, 0.2) is 5.16 Å². The number of amides is 2. The molecule has 0 aliphatic carbocycles. The number of halogens is 1. The molecule has 2 amide bonds. The van der Waals surface area contributed by atoms with Gasteiger partial charge in [0, 0.05) is 36.2 Å². The lowest BCUT2D eigenvalue weighted by atomic mass is 10.2. The molecule has 0 bridgehead atoms. The van der Waals surface area contributed by atoms with E-state index < -0.39 is 11.5 Å². The average Bonchev–Trinajstić information content (AvgIpc) is 3.20. The number of aromatic nitrogens is 2. The summed E-state index contributed by atoms with van der Waals surface area (Å²) in [5.41, 5.74) is 2.04. The third-order valence-corrected chi connectivity index (χ3v) is 6.27. The number of hydrogen-bond donors (Lipinski definition) is 1. The van der Waals surface area contributed by atoms with Gasteiger partial charge in [0.05, 0.1) is 5.75 Å². The number of rotatable bonds is 5. The lowest BCUT2D eigenvalue weighted by Crippen LogP contribution is -2.32. The molecule has 3 aromatic rings. The topological polar surface area (TPSA) is 84.3 Å². The number of nitrogens with one attached hydrogen (secondary N) is 1. The fourth-order valence-electron chi connectivity index (χ4n) is 3.35. The third kappa shape index (κ3) is 4.50. The molecular formula is C22H19ClN4O3S. The van der Waals surface area contributed by atoms with E-state index in [1.807, 2.05) is 24.3 Å². The Hall–Kier alpha value is -3.10. The minimum absolute atomic E-state index is 0.0474. The first-order chi connectivity index (χ1) is 14.9. The van der Waals surface area contributed by atoms with Crippen LogP contribution >= 0.6 is 23.4 Å². The maximum atomic E-state index is 12.7. The smallest absolute Gasteiger partial charge is 0.266 e. The number of carbonyl (C=O) groups excluding carboxylic acids is 2. The Labute approximate surface area is 188 Å². The molecule has 0 fully saturated rings. The van der Waals surface area contributed by atoms with E-state index in [0.29, 0.717) is 22.4 Å². The fourth-order valence-corrected chi connectivity index (χ4v) is 4.29. The van der Waals surface area contributed by atoms with E-state index in [1.54, 1.807) is 29.2 Å². The summed E-state index contributed by atoms with van der Waals surface area (Å²) in [4.78, 5) is 43.8. The molecule has 1 aromatic heterocycles. The molecule has 0 saturated carbocycles. The van der Waals surface area contributed by atoms with Gasteiger partial charge >= 0.3 is 0 Å². The summed E-state index contributed by atoms with van der Waals surface area (Å²) >= 11 is 7.01. The molecule has 9 heteroatoms. The molecule has 2 heterocycles. The van der Waals surface area contributed by atoms with Gasteiger partial charge in [0.2, 0.25) is 5.91 Å². The minimum atomic E-state index is -0.559. The molecule has 0 spiro atoms. The molecule has 1 aliphatic rings. The van der Waals surface area contributed by atoms with Crippen molar-refractivity contribution in [1.29, 1.82) is 0 Å². The van der Waals surface area contributed by atoms with Crippen LogP contribution < -0.4 is 15.8 Å². The first-order valence-corrected chi connectivity index (χ1v) is 10.9. The van der Waals surface area contributed by atoms with Crippen molar-refractivity contribution < 1.29 is 9.59 Å². The Kier molecular flexibility index (Phi) is 6.11. The summed E-state index contributed by atoms with van der Waals surface area (Å²) in [6.45, 7) is 0.648. The van der Waals surface area contributed by atoms with Crippen LogP contribution in [0.15, 0.2) is 64.7 Å². The lowest BCUT2D eigenvalue weighted by Gasteiger charge is -2.17. The number of fused-ring (bicyclic) bond motifs is 1. The summed E-state index contributed by atoms with van der Waals surface area (Å²) in [5, 5.41) is 3.57. The Morgan fingerprint density at radius 1 is 1.16 bits per heavy atom. The van der Waals surface area contributed by atoms with Gasteiger partial charge in [-0.2, -0.15) is 0 Å². The predicted molar refractivity (Wildman–Crippen MR) is 122 cm³/mol. The number of para-hydroxylation sites is 1. The average molecular weight is 455 g/mol. The highest BCUT2D eigenvalue weighted by molar-refractivity contribution is 7.99. The normalized spacial score (nSPS) is 12.5. The summed E-state index contributed by atoms with van der Waals surface area (Å²) in [7, 11) is 1.53. The van der Waals surface area contributed by atoms with E-state index in [0.717, 1.165) is 17.7 Å². The summed E-state index contributed by atoms with van der Waals surface area (Å²) in [5.74, 6) is -0.462. The van der Waals surface area contributed by atoms with E-state index in [1.165, 1.54) is 29.6 Å². The van der Waals surface area contributed by atoms with Crippen molar-refractivity contribution in [1.82, 2.24) is 9.55 Å². The second kappa shape index (κ2) is 8.95. The molecule has 4 rings (SSSR count). The molecule has 31 heavy (non-hydrogen) atoms. The number of nitrogens with zero attached hydrogens (tertiary/aromatic N) is 3. The maximum Gasteiger partial charge on any atom is 0.266 e. The second-order valence-electron chi connectivity index (χ2n) is 6.99. The largest absolute Gasteiger partial charge is 0.322 e. The van der Waals surface area contributed by atoms with E-state index in [-0.39, 0.29) is 17.2 Å². The van der Waals surface area contributed by atoms with Gasteiger partial charge in [0.25, 0.3) is 11.5 Å². The zero-order chi connectivity index (χ0) is 22.0. The molecule has 1 N–H and O–H groups in total. The summed E-state index contributed by atoms with van der Waals surface area (Å²) in [6, 6.07) is 14.4. The monoisotopic (exact) mass is 454 g/mol. The predicted octanol–water partition coefficient (Wildman–Crippen LogP) is 3.37. The van der Waals surface area contributed by atoms with E-state index in [9.17, 15) is 14.4 Å². The highest BCUT2D eigenvalue weighted by atomic mass is 35.5. The maximum absolute atomic E-state index is 12.7. The number of benzene rings is 2. The Balaban J connectivity index is 1.44. The van der Waals surface area contributed by atoms with Crippen molar-refractivity contribution >= 4 is 46.6 Å². The van der Waals surface area contributed by atoms with Crippen molar-refractivity contribution in [3.05, 3.63) is 81.2 Å². The summed E-state index contributed by atoms with van der Waals surface area (Å²) < 4.78 is 1.28. The van der Waals surface area contributed by atoms with Gasteiger partial charge in [-0.25, -0.2) is 4.98 Å². The van der Waals surface area contributed by atoms with E-state index in [2.05, 4.69) is 10.3 Å². The first kappa shape index (κ1) is 21.1. The van der Waals surface area contributed by atoms with Gasteiger partial charge in [-0.05, 0) is 42.3 Å². The van der Waals surface area contributed by atoms with Crippen molar-refractivity contribution in [3.8, 4) is 0 Å². The number of thioether (sulfide) groups is 1. The minimum Gasteiger partial charge on any atom is -0.322 e. The van der Waals surface area contributed by atoms with Crippen molar-refractivity contribution in [2.75, 3.05) is 22.5 Å². The van der Waals surface area contributed by atoms with Crippen molar-refractivity contribution in [3.63, 3.8) is 0 Å². The van der Waals surface area contributed by atoms with E-state index >= 15 is 0 Å². The first-order valence-electron chi connectivity index (χ1n) is 9.58. The van der Waals surface area contributed by atoms with Crippen LogP contribution in [-0.2, 0) is 18.3 Å². The molecule has 7 nitrogen and oxygen atoms in total. The lowest BCUT2D eigenvalue weighted by molar-refractivity contribution is -0.116. The van der Waals surface area contributed by atoms with Crippen LogP contribution in [0, 0.1) is 0 Å². The number of hydrogen-bond acceptors (Lipinski definition) is 5. The van der Waals surface area contributed by atoms with Gasteiger partial charge in [0.1, 0.15) is 5.56 Å². The van der Waals surface area contributed by atoms with Crippen LogP contribution in [0.2, 0.25) is 5.02 Å². The Morgan fingerprint density at radius 3 is 2.68 bits per heavy atom. The molecule has 0 saturated heterocycles. The Morgan fingerprint density at radius 2 is 1.90 bits per heavy atom. The van der Waals surface area contributed by atoms with Gasteiger partial charge < -0.3 is 10.2 Å². The van der Waals surface area contributed by atoms with Gasteiger partial charge in [-0.3, -0.25) is 19.0 Å². The standard InChI is InChI=1S/C22H19ClN4O3S/c1-26-21(30)17(20(29)25-16-8-6-15(23)7-9-16)12-24-22(26)31-13-19(28)27-11-10-14-4-2-3-5-18(14)27/h2-9,12H,10-11,13H2,1H3,(H,25,29). The van der Waals surface area contributed by atoms with Crippen LogP contribution in [0.3, 0.4) is 0 Å². The van der Waals surface area contributed by atoms with Crippen molar-refractivity contribution in [2.45, 2.75) is 11.6 Å². The highest BCUT2D eigenvalue weighted by Gasteiger charge is 2.24. The van der Waals surface area contributed by atoms with Crippen LogP contribution in [0.25, 0.3) is 0 Å². The molecule has 0 radical (unpaired) electrons. The van der Waals surface area contributed by atoms with Gasteiger partial charge in [-0.1, -0.05) is 41.6 Å². The molecule has 158 valence electrons. The Bertz CT molecular complexity index is 1210. The van der Waals surface area contributed by atoms with Crippen LogP contribution in [-0.4, -0.2) is 33.7 Å². The van der Waals surface area contributed by atoms with Crippen LogP contribution in [0.4, 0.5) is 11.4 Å². The third-order valence-electron chi connectivity index (χ3n) is 4.99. The zero-order valence-electron chi connectivity index (χ0n) is 16.7. The summed E-state index contributed by atoms with van der Waals surface area (Å²) in [6.07, 6.45) is 2.08. The molecule has 1 aliphatic heterocycles. The van der Waals surface area contributed by atoms with Crippen molar-refractivity contribution in [2.24, 2.45) is 7.05 Å². The van der Waals surface area contributed by atoms with Gasteiger partial charge in [-0.15, -0.1) is 0 Å². The second-order valence-corrected chi connectivity index (χ2v) is 8.37. The number of anilines is 2. The zero-order valence-corrected chi connectivity index (χ0v) is 18.2.